The minimum absolute atomic E-state index is 0.00536. The zero-order chi connectivity index (χ0) is 16.1. The molecule has 116 valence electrons. The second-order valence-corrected chi connectivity index (χ2v) is 5.70. The van der Waals surface area contributed by atoms with Crippen LogP contribution in [0.4, 0.5) is 5.69 Å². The summed E-state index contributed by atoms with van der Waals surface area (Å²) < 4.78 is 0. The summed E-state index contributed by atoms with van der Waals surface area (Å²) in [6, 6.07) is 19.3. The van der Waals surface area contributed by atoms with Crippen LogP contribution in [0.1, 0.15) is 11.6 Å². The van der Waals surface area contributed by atoms with Gasteiger partial charge >= 0.3 is 0 Å². The quantitative estimate of drug-likeness (QED) is 0.724. The Bertz CT molecular complexity index is 777. The molecule has 0 spiro atoms. The Morgan fingerprint density at radius 1 is 0.957 bits per heavy atom. The summed E-state index contributed by atoms with van der Waals surface area (Å²) in [7, 11) is 0. The fourth-order valence-electron chi connectivity index (χ4n) is 2.47. The van der Waals surface area contributed by atoms with Crippen molar-refractivity contribution >= 4 is 17.3 Å². The molecule has 3 nitrogen and oxygen atoms in total. The first kappa shape index (κ1) is 15.5. The Morgan fingerprint density at radius 2 is 1.78 bits per heavy atom. The molecule has 1 unspecified atom stereocenters. The summed E-state index contributed by atoms with van der Waals surface area (Å²) in [6.07, 6.45) is 3.55. The number of anilines is 1. The lowest BCUT2D eigenvalue weighted by atomic mass is 10.1. The van der Waals surface area contributed by atoms with Crippen LogP contribution in [-0.2, 0) is 0 Å². The highest BCUT2D eigenvalue weighted by molar-refractivity contribution is 6.30. The number of rotatable bonds is 5. The lowest BCUT2D eigenvalue weighted by Crippen LogP contribution is -2.14. The van der Waals surface area contributed by atoms with Crippen LogP contribution in [0.5, 0.6) is 0 Å². The van der Waals surface area contributed by atoms with E-state index in [1.54, 1.807) is 12.4 Å². The van der Waals surface area contributed by atoms with Gasteiger partial charge in [0.1, 0.15) is 0 Å². The molecule has 3 rings (SSSR count). The van der Waals surface area contributed by atoms with Gasteiger partial charge in [-0.2, -0.15) is 0 Å². The van der Waals surface area contributed by atoms with Crippen LogP contribution in [0, 0.1) is 0 Å². The first-order chi connectivity index (χ1) is 11.3. The van der Waals surface area contributed by atoms with Gasteiger partial charge in [0, 0.05) is 23.0 Å². The van der Waals surface area contributed by atoms with E-state index < -0.39 is 0 Å². The molecule has 0 saturated heterocycles. The van der Waals surface area contributed by atoms with Gasteiger partial charge in [0.25, 0.3) is 0 Å². The van der Waals surface area contributed by atoms with Crippen LogP contribution in [0.25, 0.3) is 11.1 Å². The molecule has 4 heteroatoms. The summed E-state index contributed by atoms with van der Waals surface area (Å²) >= 11 is 6.05. The number of aliphatic hydroxyl groups excluding tert-OH is 1. The predicted molar refractivity (Wildman–Crippen MR) is 94.6 cm³/mol. The van der Waals surface area contributed by atoms with Gasteiger partial charge in [0.05, 0.1) is 18.3 Å². The molecule has 23 heavy (non-hydrogen) atoms. The van der Waals surface area contributed by atoms with Crippen molar-refractivity contribution in [2.45, 2.75) is 6.04 Å². The van der Waals surface area contributed by atoms with Gasteiger partial charge < -0.3 is 10.4 Å². The summed E-state index contributed by atoms with van der Waals surface area (Å²) in [5.74, 6) is 0. The third-order valence-electron chi connectivity index (χ3n) is 3.62. The second-order valence-electron chi connectivity index (χ2n) is 5.26. The third-order valence-corrected chi connectivity index (χ3v) is 3.86. The van der Waals surface area contributed by atoms with E-state index in [4.69, 9.17) is 11.6 Å². The van der Waals surface area contributed by atoms with Crippen LogP contribution >= 0.6 is 11.6 Å². The number of nitrogens with zero attached hydrogens (tertiary/aromatic N) is 1. The van der Waals surface area contributed by atoms with E-state index in [1.165, 1.54) is 0 Å². The third kappa shape index (κ3) is 3.89. The van der Waals surface area contributed by atoms with Crippen molar-refractivity contribution in [1.82, 2.24) is 4.98 Å². The van der Waals surface area contributed by atoms with E-state index in [9.17, 15) is 5.11 Å². The fraction of sp³-hybridized carbons (Fsp3) is 0.105. The predicted octanol–water partition coefficient (Wildman–Crippen LogP) is 4.55. The zero-order valence-electron chi connectivity index (χ0n) is 12.5. The largest absolute Gasteiger partial charge is 0.394 e. The number of nitrogens with one attached hydrogen (secondary N) is 1. The highest BCUT2D eigenvalue weighted by Gasteiger charge is 2.10. The molecule has 0 radical (unpaired) electrons. The van der Waals surface area contributed by atoms with Crippen molar-refractivity contribution in [3.05, 3.63) is 83.6 Å². The number of aliphatic hydroxyl groups is 1. The summed E-state index contributed by atoms with van der Waals surface area (Å²) in [5.41, 5.74) is 3.87. The Morgan fingerprint density at radius 3 is 2.52 bits per heavy atom. The van der Waals surface area contributed by atoms with Crippen LogP contribution in [0.3, 0.4) is 0 Å². The first-order valence-electron chi connectivity index (χ1n) is 7.39. The van der Waals surface area contributed by atoms with Crippen molar-refractivity contribution < 1.29 is 5.11 Å². The van der Waals surface area contributed by atoms with Gasteiger partial charge in [-0.05, 0) is 29.3 Å². The summed E-state index contributed by atoms with van der Waals surface area (Å²) in [6.45, 7) is 0.00536. The SMILES string of the molecule is OCC(Nc1cncc(-c2cccc(Cl)c2)c1)c1ccccc1. The van der Waals surface area contributed by atoms with Crippen molar-refractivity contribution in [2.24, 2.45) is 0 Å². The highest BCUT2D eigenvalue weighted by atomic mass is 35.5. The van der Waals surface area contributed by atoms with Crippen molar-refractivity contribution in [1.29, 1.82) is 0 Å². The maximum Gasteiger partial charge on any atom is 0.0745 e. The number of aromatic nitrogens is 1. The van der Waals surface area contributed by atoms with E-state index in [-0.39, 0.29) is 12.6 Å². The lowest BCUT2D eigenvalue weighted by molar-refractivity contribution is 0.276. The van der Waals surface area contributed by atoms with Crippen LogP contribution in [0.15, 0.2) is 73.1 Å². The normalized spacial score (nSPS) is 11.9. The Kier molecular flexibility index (Phi) is 4.91. The van der Waals surface area contributed by atoms with Gasteiger partial charge in [-0.15, -0.1) is 0 Å². The number of halogens is 1. The minimum atomic E-state index is -0.174. The van der Waals surface area contributed by atoms with Gasteiger partial charge in [-0.1, -0.05) is 54.1 Å². The smallest absolute Gasteiger partial charge is 0.0745 e. The van der Waals surface area contributed by atoms with Crippen LogP contribution < -0.4 is 5.32 Å². The van der Waals surface area contributed by atoms with Gasteiger partial charge in [-0.3, -0.25) is 4.98 Å². The molecule has 0 amide bonds. The summed E-state index contributed by atoms with van der Waals surface area (Å²) in [4.78, 5) is 4.28. The molecule has 0 bridgehead atoms. The monoisotopic (exact) mass is 324 g/mol. The van der Waals surface area contributed by atoms with E-state index in [1.807, 2.05) is 60.7 Å². The highest BCUT2D eigenvalue weighted by Crippen LogP contribution is 2.26. The average Bonchev–Trinajstić information content (AvgIpc) is 2.61. The molecule has 1 heterocycles. The average molecular weight is 325 g/mol. The Hall–Kier alpha value is -2.36. The number of hydrogen-bond donors (Lipinski definition) is 2. The van der Waals surface area contributed by atoms with Crippen molar-refractivity contribution in [2.75, 3.05) is 11.9 Å². The molecule has 3 aromatic rings. The zero-order valence-corrected chi connectivity index (χ0v) is 13.2. The minimum Gasteiger partial charge on any atom is -0.394 e. The fourth-order valence-corrected chi connectivity index (χ4v) is 2.66. The standard InChI is InChI=1S/C19H17ClN2O/c20-17-8-4-7-15(9-17)16-10-18(12-21-11-16)22-19(13-23)14-5-2-1-3-6-14/h1-12,19,22-23H,13H2. The van der Waals surface area contributed by atoms with E-state index in [0.29, 0.717) is 5.02 Å². The van der Waals surface area contributed by atoms with E-state index in [2.05, 4.69) is 10.3 Å². The molecule has 0 saturated carbocycles. The number of hydrogen-bond acceptors (Lipinski definition) is 3. The summed E-state index contributed by atoms with van der Waals surface area (Å²) in [5, 5.41) is 13.7. The Labute approximate surface area is 140 Å². The lowest BCUT2D eigenvalue weighted by Gasteiger charge is -2.18. The first-order valence-corrected chi connectivity index (χ1v) is 7.77. The Balaban J connectivity index is 1.85. The molecule has 0 aliphatic rings. The maximum absolute atomic E-state index is 9.66. The molecule has 2 aromatic carbocycles. The second kappa shape index (κ2) is 7.27. The number of pyridine rings is 1. The molecule has 2 N–H and O–H groups in total. The molecule has 0 aliphatic heterocycles. The van der Waals surface area contributed by atoms with Crippen molar-refractivity contribution in [3.8, 4) is 11.1 Å². The molecular weight excluding hydrogens is 308 g/mol. The van der Waals surface area contributed by atoms with Gasteiger partial charge in [0.2, 0.25) is 0 Å². The molecule has 1 aromatic heterocycles. The van der Waals surface area contributed by atoms with E-state index in [0.717, 1.165) is 22.4 Å². The molecule has 0 aliphatic carbocycles. The van der Waals surface area contributed by atoms with Gasteiger partial charge in [0.15, 0.2) is 0 Å². The van der Waals surface area contributed by atoms with Crippen molar-refractivity contribution in [3.63, 3.8) is 0 Å². The number of benzene rings is 2. The maximum atomic E-state index is 9.66. The molecular formula is C19H17ClN2O. The van der Waals surface area contributed by atoms with Crippen LogP contribution in [0.2, 0.25) is 5.02 Å². The molecule has 1 atom stereocenters. The molecule has 0 fully saturated rings. The van der Waals surface area contributed by atoms with Gasteiger partial charge in [-0.25, -0.2) is 0 Å². The van der Waals surface area contributed by atoms with E-state index >= 15 is 0 Å². The van der Waals surface area contributed by atoms with Crippen LogP contribution in [-0.4, -0.2) is 16.7 Å². The topological polar surface area (TPSA) is 45.1 Å².